The van der Waals surface area contributed by atoms with Gasteiger partial charge in [-0.3, -0.25) is 10.1 Å². The lowest BCUT2D eigenvalue weighted by Crippen LogP contribution is -2.49. The van der Waals surface area contributed by atoms with Gasteiger partial charge in [-0.05, 0) is 45.0 Å². The largest absolute Gasteiger partial charge is 0.306 e. The summed E-state index contributed by atoms with van der Waals surface area (Å²) in [5, 5.41) is 10.9. The van der Waals surface area contributed by atoms with Gasteiger partial charge in [0.05, 0.1) is 9.82 Å². The zero-order chi connectivity index (χ0) is 17.4. The maximum absolute atomic E-state index is 12.8. The van der Waals surface area contributed by atoms with E-state index in [1.807, 2.05) is 14.0 Å². The van der Waals surface area contributed by atoms with Gasteiger partial charge in [0.1, 0.15) is 0 Å². The third kappa shape index (κ3) is 3.54. The molecule has 0 bridgehead atoms. The fraction of sp³-hybridized carbons (Fsp3) is 0.600. The van der Waals surface area contributed by atoms with Gasteiger partial charge < -0.3 is 4.90 Å². The third-order valence-electron chi connectivity index (χ3n) is 4.57. The quantitative estimate of drug-likeness (QED) is 0.616. The monoisotopic (exact) mass is 341 g/mol. The van der Waals surface area contributed by atoms with Gasteiger partial charge in [0.15, 0.2) is 0 Å². The molecule has 0 aliphatic carbocycles. The summed E-state index contributed by atoms with van der Waals surface area (Å²) >= 11 is 0. The number of benzene rings is 1. The van der Waals surface area contributed by atoms with E-state index in [2.05, 4.69) is 4.90 Å². The molecular formula is C15H23N3O4S. The minimum Gasteiger partial charge on any atom is -0.306 e. The molecule has 1 aromatic carbocycles. The molecule has 1 fully saturated rings. The molecule has 0 radical (unpaired) electrons. The molecule has 1 aromatic rings. The van der Waals surface area contributed by atoms with Gasteiger partial charge in [-0.2, -0.15) is 4.31 Å². The Hall–Kier alpha value is -1.51. The number of hydrogen-bond acceptors (Lipinski definition) is 5. The highest BCUT2D eigenvalue weighted by atomic mass is 32.2. The highest BCUT2D eigenvalue weighted by molar-refractivity contribution is 7.89. The second-order valence-corrected chi connectivity index (χ2v) is 8.32. The van der Waals surface area contributed by atoms with Gasteiger partial charge in [-0.15, -0.1) is 0 Å². The number of nitro benzene ring substituents is 1. The fourth-order valence-corrected chi connectivity index (χ4v) is 4.79. The number of aryl methyl sites for hydroxylation is 1. The molecule has 0 amide bonds. The summed E-state index contributed by atoms with van der Waals surface area (Å²) in [4.78, 5) is 12.7. The van der Waals surface area contributed by atoms with E-state index < -0.39 is 14.9 Å². The molecule has 23 heavy (non-hydrogen) atoms. The van der Waals surface area contributed by atoms with E-state index in [9.17, 15) is 18.5 Å². The molecule has 2 unspecified atom stereocenters. The van der Waals surface area contributed by atoms with Crippen molar-refractivity contribution in [3.63, 3.8) is 0 Å². The van der Waals surface area contributed by atoms with Crippen molar-refractivity contribution in [2.45, 2.75) is 31.2 Å². The van der Waals surface area contributed by atoms with E-state index in [4.69, 9.17) is 0 Å². The minimum atomic E-state index is -3.66. The van der Waals surface area contributed by atoms with Crippen molar-refractivity contribution in [3.05, 3.63) is 33.9 Å². The Balaban J connectivity index is 2.30. The van der Waals surface area contributed by atoms with Crippen LogP contribution >= 0.6 is 0 Å². The standard InChI is InChI=1S/C15H23N3O4S/c1-11-9-13(5-6-15(11)18(19)20)23(21,22)17(4)14-7-8-16(3)10-12(14)2/h5-6,9,12,14H,7-8,10H2,1-4H3. The van der Waals surface area contributed by atoms with Crippen LogP contribution in [0, 0.1) is 23.0 Å². The third-order valence-corrected chi connectivity index (χ3v) is 6.45. The predicted molar refractivity (Wildman–Crippen MR) is 87.8 cm³/mol. The van der Waals surface area contributed by atoms with Crippen molar-refractivity contribution in [1.82, 2.24) is 9.21 Å². The normalized spacial score (nSPS) is 23.2. The summed E-state index contributed by atoms with van der Waals surface area (Å²) < 4.78 is 27.1. The van der Waals surface area contributed by atoms with E-state index in [-0.39, 0.29) is 22.5 Å². The Morgan fingerprint density at radius 3 is 2.57 bits per heavy atom. The Kier molecular flexibility index (Phi) is 5.07. The van der Waals surface area contributed by atoms with Gasteiger partial charge >= 0.3 is 0 Å². The average molecular weight is 341 g/mol. The minimum absolute atomic E-state index is 0.0632. The fourth-order valence-electron chi connectivity index (χ4n) is 3.22. The van der Waals surface area contributed by atoms with Gasteiger partial charge in [0, 0.05) is 31.3 Å². The van der Waals surface area contributed by atoms with E-state index in [1.165, 1.54) is 22.5 Å². The number of piperidine rings is 1. The second kappa shape index (κ2) is 6.54. The van der Waals surface area contributed by atoms with Gasteiger partial charge in [0.2, 0.25) is 10.0 Å². The molecule has 128 valence electrons. The molecule has 8 heteroatoms. The SMILES string of the molecule is Cc1cc(S(=O)(=O)N(C)C2CCN(C)CC2C)ccc1[N+](=O)[O-]. The van der Waals surface area contributed by atoms with Gasteiger partial charge in [-0.25, -0.2) is 8.42 Å². The van der Waals surface area contributed by atoms with Crippen LogP contribution in [0.5, 0.6) is 0 Å². The predicted octanol–water partition coefficient (Wildman–Crippen LogP) is 1.86. The molecule has 7 nitrogen and oxygen atoms in total. The molecule has 2 atom stereocenters. The van der Waals surface area contributed by atoms with Crippen LogP contribution in [0.15, 0.2) is 23.1 Å². The molecule has 0 aromatic heterocycles. The Morgan fingerprint density at radius 1 is 1.39 bits per heavy atom. The summed E-state index contributed by atoms with van der Waals surface area (Å²) in [6.45, 7) is 5.31. The number of sulfonamides is 1. The average Bonchev–Trinajstić information content (AvgIpc) is 2.46. The van der Waals surface area contributed by atoms with Crippen molar-refractivity contribution < 1.29 is 13.3 Å². The van der Waals surface area contributed by atoms with Crippen molar-refractivity contribution in [1.29, 1.82) is 0 Å². The van der Waals surface area contributed by atoms with Crippen LogP contribution in [-0.2, 0) is 10.0 Å². The summed E-state index contributed by atoms with van der Waals surface area (Å²) in [6.07, 6.45) is 0.777. The Morgan fingerprint density at radius 2 is 2.04 bits per heavy atom. The maximum atomic E-state index is 12.8. The number of nitrogens with zero attached hydrogens (tertiary/aromatic N) is 3. The van der Waals surface area contributed by atoms with Crippen molar-refractivity contribution in [2.24, 2.45) is 5.92 Å². The first kappa shape index (κ1) is 17.8. The Bertz CT molecular complexity index is 705. The summed E-state index contributed by atoms with van der Waals surface area (Å²) in [5.74, 6) is 0.229. The molecule has 0 N–H and O–H groups in total. The maximum Gasteiger partial charge on any atom is 0.272 e. The number of likely N-dealkylation sites (tertiary alicyclic amines) is 1. The van der Waals surface area contributed by atoms with Crippen molar-refractivity contribution in [3.8, 4) is 0 Å². The lowest BCUT2D eigenvalue weighted by Gasteiger charge is -2.39. The molecule has 1 heterocycles. The second-order valence-electron chi connectivity index (χ2n) is 6.32. The smallest absolute Gasteiger partial charge is 0.272 e. The van der Waals surface area contributed by atoms with Crippen LogP contribution in [0.1, 0.15) is 18.9 Å². The van der Waals surface area contributed by atoms with Crippen molar-refractivity contribution >= 4 is 15.7 Å². The lowest BCUT2D eigenvalue weighted by atomic mass is 9.94. The van der Waals surface area contributed by atoms with E-state index in [0.717, 1.165) is 19.5 Å². The summed E-state index contributed by atoms with van der Waals surface area (Å²) in [6, 6.07) is 3.89. The molecule has 1 aliphatic heterocycles. The molecule has 1 aliphatic rings. The first-order valence-electron chi connectivity index (χ1n) is 7.56. The molecule has 0 spiro atoms. The first-order chi connectivity index (χ1) is 10.6. The summed E-state index contributed by atoms with van der Waals surface area (Å²) in [7, 11) is -0.0373. The highest BCUT2D eigenvalue weighted by Crippen LogP contribution is 2.28. The van der Waals surface area contributed by atoms with Gasteiger partial charge in [-0.1, -0.05) is 6.92 Å². The van der Waals surface area contributed by atoms with E-state index in [1.54, 1.807) is 14.0 Å². The van der Waals surface area contributed by atoms with Crippen molar-refractivity contribution in [2.75, 3.05) is 27.2 Å². The van der Waals surface area contributed by atoms with E-state index in [0.29, 0.717) is 5.56 Å². The van der Waals surface area contributed by atoms with Crippen LogP contribution in [0.3, 0.4) is 0 Å². The molecule has 2 rings (SSSR count). The molecule has 1 saturated heterocycles. The van der Waals surface area contributed by atoms with Gasteiger partial charge in [0.25, 0.3) is 5.69 Å². The lowest BCUT2D eigenvalue weighted by molar-refractivity contribution is -0.385. The first-order valence-corrected chi connectivity index (χ1v) is 9.00. The Labute approximate surface area is 137 Å². The zero-order valence-electron chi connectivity index (χ0n) is 13.9. The van der Waals surface area contributed by atoms with Crippen LogP contribution < -0.4 is 0 Å². The van der Waals surface area contributed by atoms with Crippen LogP contribution in [0.2, 0.25) is 0 Å². The molecular weight excluding hydrogens is 318 g/mol. The number of hydrogen-bond donors (Lipinski definition) is 0. The topological polar surface area (TPSA) is 83.8 Å². The van der Waals surface area contributed by atoms with Crippen LogP contribution in [0.4, 0.5) is 5.69 Å². The highest BCUT2D eigenvalue weighted by Gasteiger charge is 2.34. The van der Waals surface area contributed by atoms with Crippen LogP contribution in [-0.4, -0.2) is 55.8 Å². The number of rotatable bonds is 4. The van der Waals surface area contributed by atoms with Crippen LogP contribution in [0.25, 0.3) is 0 Å². The van der Waals surface area contributed by atoms with E-state index >= 15 is 0 Å². The number of nitro groups is 1. The molecule has 0 saturated carbocycles. The summed E-state index contributed by atoms with van der Waals surface area (Å²) in [5.41, 5.74) is 0.278. The zero-order valence-corrected chi connectivity index (χ0v) is 14.7.